The minimum atomic E-state index is -3.10. The van der Waals surface area contributed by atoms with Crippen LogP contribution in [0.4, 0.5) is 0 Å². The van der Waals surface area contributed by atoms with Gasteiger partial charge in [-0.25, -0.2) is 13.1 Å². The third-order valence-electron chi connectivity index (χ3n) is 3.37. The second-order valence-corrected chi connectivity index (χ2v) is 7.45. The van der Waals surface area contributed by atoms with Gasteiger partial charge >= 0.3 is 0 Å². The van der Waals surface area contributed by atoms with Crippen LogP contribution in [0.2, 0.25) is 0 Å². The van der Waals surface area contributed by atoms with Gasteiger partial charge in [-0.15, -0.1) is 0 Å². The monoisotopic (exact) mass is 262 g/mol. The van der Waals surface area contributed by atoms with Crippen molar-refractivity contribution in [3.8, 4) is 0 Å². The van der Waals surface area contributed by atoms with Gasteiger partial charge in [-0.05, 0) is 52.7 Å². The van der Waals surface area contributed by atoms with Crippen LogP contribution >= 0.6 is 0 Å². The third kappa shape index (κ3) is 4.94. The molecule has 0 unspecified atom stereocenters. The van der Waals surface area contributed by atoms with Crippen LogP contribution < -0.4 is 4.72 Å². The summed E-state index contributed by atoms with van der Waals surface area (Å²) in [6.45, 7) is 8.83. The maximum Gasteiger partial charge on any atom is 0.214 e. The number of unbranched alkanes of at least 4 members (excludes halogenated alkanes) is 1. The summed E-state index contributed by atoms with van der Waals surface area (Å²) in [6, 6.07) is 0.139. The van der Waals surface area contributed by atoms with E-state index >= 15 is 0 Å². The van der Waals surface area contributed by atoms with Gasteiger partial charge in [0.05, 0.1) is 5.25 Å². The molecular formula is C12H26N2O2S. The van der Waals surface area contributed by atoms with Crippen molar-refractivity contribution >= 4 is 10.0 Å². The van der Waals surface area contributed by atoms with Crippen molar-refractivity contribution in [2.75, 3.05) is 19.6 Å². The zero-order valence-electron chi connectivity index (χ0n) is 11.3. The van der Waals surface area contributed by atoms with Crippen molar-refractivity contribution in [3.05, 3.63) is 0 Å². The summed E-state index contributed by atoms with van der Waals surface area (Å²) >= 11 is 0. The fourth-order valence-corrected chi connectivity index (χ4v) is 3.00. The van der Waals surface area contributed by atoms with Crippen molar-refractivity contribution in [2.45, 2.75) is 57.7 Å². The van der Waals surface area contributed by atoms with E-state index < -0.39 is 10.0 Å². The van der Waals surface area contributed by atoms with Gasteiger partial charge in [0.15, 0.2) is 0 Å². The molecule has 4 nitrogen and oxygen atoms in total. The molecule has 102 valence electrons. The van der Waals surface area contributed by atoms with Gasteiger partial charge in [0.2, 0.25) is 10.0 Å². The molecule has 1 fully saturated rings. The number of hydrogen-bond donors (Lipinski definition) is 1. The molecule has 0 bridgehead atoms. The quantitative estimate of drug-likeness (QED) is 0.790. The van der Waals surface area contributed by atoms with E-state index in [1.165, 1.54) is 12.8 Å². The summed E-state index contributed by atoms with van der Waals surface area (Å²) in [5.74, 6) is 0. The Balaban J connectivity index is 2.33. The zero-order chi connectivity index (χ0) is 12.9. The molecule has 0 aliphatic carbocycles. The maximum atomic E-state index is 11.7. The highest BCUT2D eigenvalue weighted by molar-refractivity contribution is 7.90. The molecule has 5 heteroatoms. The van der Waals surface area contributed by atoms with E-state index in [2.05, 4.69) is 16.5 Å². The Kier molecular flexibility index (Phi) is 5.89. The molecular weight excluding hydrogens is 236 g/mol. The average molecular weight is 262 g/mol. The summed E-state index contributed by atoms with van der Waals surface area (Å²) in [6.07, 6.45) is 4.34. The van der Waals surface area contributed by atoms with Crippen LogP contribution in [0, 0.1) is 0 Å². The zero-order valence-corrected chi connectivity index (χ0v) is 12.1. The van der Waals surface area contributed by atoms with Crippen LogP contribution in [0.3, 0.4) is 0 Å². The first-order valence-electron chi connectivity index (χ1n) is 6.69. The molecule has 0 aromatic carbocycles. The van der Waals surface area contributed by atoms with Crippen LogP contribution in [0.15, 0.2) is 0 Å². The lowest BCUT2D eigenvalue weighted by Crippen LogP contribution is -2.46. The first kappa shape index (κ1) is 14.9. The molecule has 0 atom stereocenters. The van der Waals surface area contributed by atoms with E-state index in [0.717, 1.165) is 32.5 Å². The summed E-state index contributed by atoms with van der Waals surface area (Å²) < 4.78 is 26.3. The molecule has 0 saturated carbocycles. The number of nitrogens with zero attached hydrogens (tertiary/aromatic N) is 1. The van der Waals surface area contributed by atoms with Gasteiger partial charge < -0.3 is 4.90 Å². The third-order valence-corrected chi connectivity index (χ3v) is 5.27. The van der Waals surface area contributed by atoms with Gasteiger partial charge in [0.1, 0.15) is 0 Å². The standard InChI is InChI=1S/C12H26N2O2S/c1-4-5-8-14-9-6-12(7-10-14)13-17(15,16)11(2)3/h11-13H,4-10H2,1-3H3. The lowest BCUT2D eigenvalue weighted by Gasteiger charge is -2.32. The highest BCUT2D eigenvalue weighted by Crippen LogP contribution is 2.13. The van der Waals surface area contributed by atoms with Crippen molar-refractivity contribution in [3.63, 3.8) is 0 Å². The lowest BCUT2D eigenvalue weighted by atomic mass is 10.1. The molecule has 0 aromatic heterocycles. The van der Waals surface area contributed by atoms with Crippen molar-refractivity contribution in [1.29, 1.82) is 0 Å². The SMILES string of the molecule is CCCCN1CCC(NS(=O)(=O)C(C)C)CC1. The fraction of sp³-hybridized carbons (Fsp3) is 1.00. The van der Waals surface area contributed by atoms with Crippen molar-refractivity contribution in [1.82, 2.24) is 9.62 Å². The van der Waals surface area contributed by atoms with Crippen LogP contribution in [0.1, 0.15) is 46.5 Å². The minimum Gasteiger partial charge on any atom is -0.303 e. The number of nitrogens with one attached hydrogen (secondary N) is 1. The Labute approximate surface area is 106 Å². The molecule has 1 aliphatic heterocycles. The van der Waals surface area contributed by atoms with E-state index in [4.69, 9.17) is 0 Å². The second-order valence-electron chi connectivity index (χ2n) is 5.18. The van der Waals surface area contributed by atoms with E-state index in [1.54, 1.807) is 13.8 Å². The van der Waals surface area contributed by atoms with Gasteiger partial charge in [0, 0.05) is 6.04 Å². The predicted molar refractivity (Wildman–Crippen MR) is 71.6 cm³/mol. The molecule has 17 heavy (non-hydrogen) atoms. The van der Waals surface area contributed by atoms with Crippen molar-refractivity contribution in [2.24, 2.45) is 0 Å². The molecule has 1 heterocycles. The molecule has 0 radical (unpaired) electrons. The molecule has 0 spiro atoms. The van der Waals surface area contributed by atoms with Crippen LogP contribution in [-0.4, -0.2) is 44.2 Å². The molecule has 1 saturated heterocycles. The van der Waals surface area contributed by atoms with E-state index in [1.807, 2.05) is 0 Å². The van der Waals surface area contributed by atoms with Crippen LogP contribution in [0.25, 0.3) is 0 Å². The van der Waals surface area contributed by atoms with E-state index in [9.17, 15) is 8.42 Å². The topological polar surface area (TPSA) is 49.4 Å². The molecule has 1 aliphatic rings. The first-order valence-corrected chi connectivity index (χ1v) is 8.24. The highest BCUT2D eigenvalue weighted by Gasteiger charge is 2.24. The molecule has 0 aromatic rings. The maximum absolute atomic E-state index is 11.7. The number of rotatable bonds is 6. The number of sulfonamides is 1. The summed E-state index contributed by atoms with van der Waals surface area (Å²) in [5.41, 5.74) is 0. The van der Waals surface area contributed by atoms with E-state index in [0.29, 0.717) is 0 Å². The summed E-state index contributed by atoms with van der Waals surface area (Å²) in [7, 11) is -3.10. The fourth-order valence-electron chi connectivity index (χ4n) is 2.02. The molecule has 0 amide bonds. The first-order chi connectivity index (χ1) is 7.95. The Morgan fingerprint density at radius 2 is 1.88 bits per heavy atom. The van der Waals surface area contributed by atoms with Gasteiger partial charge in [-0.1, -0.05) is 13.3 Å². The van der Waals surface area contributed by atoms with Crippen LogP contribution in [-0.2, 0) is 10.0 Å². The summed E-state index contributed by atoms with van der Waals surface area (Å²) in [5, 5.41) is -0.333. The van der Waals surface area contributed by atoms with Crippen molar-refractivity contribution < 1.29 is 8.42 Å². The van der Waals surface area contributed by atoms with E-state index in [-0.39, 0.29) is 11.3 Å². The normalized spacial score (nSPS) is 20.0. The van der Waals surface area contributed by atoms with Crippen LogP contribution in [0.5, 0.6) is 0 Å². The van der Waals surface area contributed by atoms with Gasteiger partial charge in [-0.3, -0.25) is 0 Å². The molecule has 1 N–H and O–H groups in total. The second kappa shape index (κ2) is 6.71. The van der Waals surface area contributed by atoms with Gasteiger partial charge in [0.25, 0.3) is 0 Å². The number of likely N-dealkylation sites (tertiary alicyclic amines) is 1. The Morgan fingerprint density at radius 3 is 2.35 bits per heavy atom. The smallest absolute Gasteiger partial charge is 0.214 e. The summed E-state index contributed by atoms with van der Waals surface area (Å²) in [4.78, 5) is 2.43. The number of piperidine rings is 1. The number of hydrogen-bond acceptors (Lipinski definition) is 3. The predicted octanol–water partition coefficient (Wildman–Crippen LogP) is 1.58. The Morgan fingerprint density at radius 1 is 1.29 bits per heavy atom. The molecule has 1 rings (SSSR count). The Bertz CT molecular complexity index is 306. The average Bonchev–Trinajstić information content (AvgIpc) is 2.27. The largest absolute Gasteiger partial charge is 0.303 e. The lowest BCUT2D eigenvalue weighted by molar-refractivity contribution is 0.205. The minimum absolute atomic E-state index is 0.139. The van der Waals surface area contributed by atoms with Gasteiger partial charge in [-0.2, -0.15) is 0 Å². The highest BCUT2D eigenvalue weighted by atomic mass is 32.2. The Hall–Kier alpha value is -0.130.